The topological polar surface area (TPSA) is 59.1 Å². The molecule has 0 aromatic rings. The van der Waals surface area contributed by atoms with Gasteiger partial charge in [0.05, 0.1) is 18.1 Å². The summed E-state index contributed by atoms with van der Waals surface area (Å²) in [4.78, 5) is 29.7. The summed E-state index contributed by atoms with van der Waals surface area (Å²) in [6.07, 6.45) is -0.113. The van der Waals surface area contributed by atoms with E-state index in [2.05, 4.69) is 0 Å². The fraction of sp³-hybridized carbons (Fsp3) is 0.909. The second-order valence-electron chi connectivity index (χ2n) is 9.28. The number of nitrogens with zero attached hydrogens (tertiary/aromatic N) is 2. The maximum atomic E-state index is 14.6. The highest BCUT2D eigenvalue weighted by molar-refractivity contribution is 5.82. The molecular formula is C22H36F2N2O4. The van der Waals surface area contributed by atoms with Gasteiger partial charge in [-0.3, -0.25) is 9.59 Å². The Morgan fingerprint density at radius 1 is 0.833 bits per heavy atom. The number of piperazine rings is 1. The number of alkyl halides is 2. The summed E-state index contributed by atoms with van der Waals surface area (Å²) in [5, 5.41) is 0. The monoisotopic (exact) mass is 430 g/mol. The third kappa shape index (κ3) is 4.79. The van der Waals surface area contributed by atoms with Gasteiger partial charge >= 0.3 is 0 Å². The largest absolute Gasteiger partial charge is 0.381 e. The highest BCUT2D eigenvalue weighted by atomic mass is 19.1. The van der Waals surface area contributed by atoms with Gasteiger partial charge < -0.3 is 19.3 Å². The Labute approximate surface area is 178 Å². The molecule has 2 aliphatic carbocycles. The predicted octanol–water partition coefficient (Wildman–Crippen LogP) is 2.74. The SMILES string of the molecule is COC1CCC(C(=O)N2C[C@@H](C)N(C(=O)C3CCC(OC)C(F)C3)[C@H](C)C2)C(F)C1. The van der Waals surface area contributed by atoms with Crippen molar-refractivity contribution >= 4 is 11.8 Å². The van der Waals surface area contributed by atoms with Crippen LogP contribution in [0.2, 0.25) is 0 Å². The zero-order valence-electron chi connectivity index (χ0n) is 18.6. The molecule has 0 aromatic heterocycles. The molecule has 1 saturated heterocycles. The number of rotatable bonds is 4. The Hall–Kier alpha value is -1.28. The number of carbonyl (C=O) groups excluding carboxylic acids is 2. The molecule has 0 radical (unpaired) electrons. The van der Waals surface area contributed by atoms with Gasteiger partial charge in [-0.05, 0) is 46.0 Å². The van der Waals surface area contributed by atoms with Crippen molar-refractivity contribution < 1.29 is 27.8 Å². The molecule has 1 aliphatic heterocycles. The Balaban J connectivity index is 1.60. The molecule has 0 bridgehead atoms. The Morgan fingerprint density at radius 2 is 1.50 bits per heavy atom. The van der Waals surface area contributed by atoms with Crippen LogP contribution in [0.3, 0.4) is 0 Å². The van der Waals surface area contributed by atoms with Crippen molar-refractivity contribution in [2.45, 2.75) is 89.0 Å². The van der Waals surface area contributed by atoms with Gasteiger partial charge in [0.2, 0.25) is 11.8 Å². The highest BCUT2D eigenvalue weighted by Gasteiger charge is 2.43. The molecule has 0 spiro atoms. The van der Waals surface area contributed by atoms with Crippen LogP contribution in [0.5, 0.6) is 0 Å². The van der Waals surface area contributed by atoms with Crippen LogP contribution in [0.4, 0.5) is 8.78 Å². The summed E-state index contributed by atoms with van der Waals surface area (Å²) in [6.45, 7) is 4.60. The van der Waals surface area contributed by atoms with E-state index in [1.807, 2.05) is 18.7 Å². The first-order valence-corrected chi connectivity index (χ1v) is 11.2. The van der Waals surface area contributed by atoms with Crippen LogP contribution in [0, 0.1) is 11.8 Å². The summed E-state index contributed by atoms with van der Waals surface area (Å²) in [6, 6.07) is -0.367. The van der Waals surface area contributed by atoms with Crippen molar-refractivity contribution in [1.82, 2.24) is 9.80 Å². The van der Waals surface area contributed by atoms with E-state index in [0.29, 0.717) is 38.8 Å². The number of carbonyl (C=O) groups is 2. The predicted molar refractivity (Wildman–Crippen MR) is 108 cm³/mol. The molecule has 6 nitrogen and oxygen atoms in total. The zero-order chi connectivity index (χ0) is 22.0. The molecule has 8 heteroatoms. The second kappa shape index (κ2) is 9.90. The van der Waals surface area contributed by atoms with Crippen LogP contribution in [0.15, 0.2) is 0 Å². The maximum Gasteiger partial charge on any atom is 0.228 e. The average molecular weight is 431 g/mol. The minimum atomic E-state index is -1.20. The van der Waals surface area contributed by atoms with Crippen LogP contribution in [0.1, 0.15) is 52.4 Å². The molecule has 1 heterocycles. The number of amides is 2. The van der Waals surface area contributed by atoms with Crippen molar-refractivity contribution in [2.75, 3.05) is 27.3 Å². The molecule has 2 amide bonds. The van der Waals surface area contributed by atoms with Gasteiger partial charge in [0.25, 0.3) is 0 Å². The summed E-state index contributed by atoms with van der Waals surface area (Å²) in [5.41, 5.74) is 0. The van der Waals surface area contributed by atoms with Crippen molar-refractivity contribution in [3.63, 3.8) is 0 Å². The van der Waals surface area contributed by atoms with E-state index in [1.165, 1.54) is 7.11 Å². The smallest absolute Gasteiger partial charge is 0.228 e. The summed E-state index contributed by atoms with van der Waals surface area (Å²) in [7, 11) is 3.08. The molecule has 0 aromatic carbocycles. The molecular weight excluding hydrogens is 394 g/mol. The average Bonchev–Trinajstić information content (AvgIpc) is 2.72. The lowest BCUT2D eigenvalue weighted by molar-refractivity contribution is -0.155. The zero-order valence-corrected chi connectivity index (χ0v) is 18.6. The molecule has 30 heavy (non-hydrogen) atoms. The van der Waals surface area contributed by atoms with Crippen LogP contribution in [-0.4, -0.2) is 85.6 Å². The highest BCUT2D eigenvalue weighted by Crippen LogP contribution is 2.34. The molecule has 172 valence electrons. The first-order valence-electron chi connectivity index (χ1n) is 11.2. The molecule has 2 saturated carbocycles. The third-order valence-corrected chi connectivity index (χ3v) is 7.22. The minimum Gasteiger partial charge on any atom is -0.381 e. The van der Waals surface area contributed by atoms with E-state index in [-0.39, 0.29) is 48.8 Å². The van der Waals surface area contributed by atoms with Gasteiger partial charge in [-0.1, -0.05) is 0 Å². The van der Waals surface area contributed by atoms with E-state index in [4.69, 9.17) is 9.47 Å². The van der Waals surface area contributed by atoms with E-state index in [9.17, 15) is 18.4 Å². The van der Waals surface area contributed by atoms with E-state index in [1.54, 1.807) is 12.0 Å². The summed E-state index contributed by atoms with van der Waals surface area (Å²) < 4.78 is 39.3. The van der Waals surface area contributed by atoms with Crippen LogP contribution < -0.4 is 0 Å². The number of ether oxygens (including phenoxy) is 2. The Morgan fingerprint density at radius 3 is 2.03 bits per heavy atom. The quantitative estimate of drug-likeness (QED) is 0.688. The molecule has 3 fully saturated rings. The minimum absolute atomic E-state index is 0.0386. The number of hydrogen-bond acceptors (Lipinski definition) is 4. The third-order valence-electron chi connectivity index (χ3n) is 7.22. The Kier molecular flexibility index (Phi) is 7.71. The van der Waals surface area contributed by atoms with E-state index < -0.39 is 24.4 Å². The second-order valence-corrected chi connectivity index (χ2v) is 9.28. The van der Waals surface area contributed by atoms with Crippen LogP contribution in [0.25, 0.3) is 0 Å². The van der Waals surface area contributed by atoms with Crippen LogP contribution >= 0.6 is 0 Å². The van der Waals surface area contributed by atoms with Crippen molar-refractivity contribution in [2.24, 2.45) is 11.8 Å². The first-order chi connectivity index (χ1) is 14.3. The number of hydrogen-bond donors (Lipinski definition) is 0. The lowest BCUT2D eigenvalue weighted by atomic mass is 9.83. The maximum absolute atomic E-state index is 14.6. The molecule has 6 unspecified atom stereocenters. The number of methoxy groups -OCH3 is 2. The summed E-state index contributed by atoms with van der Waals surface area (Å²) >= 11 is 0. The van der Waals surface area contributed by atoms with E-state index >= 15 is 0 Å². The van der Waals surface area contributed by atoms with Crippen molar-refractivity contribution in [1.29, 1.82) is 0 Å². The van der Waals surface area contributed by atoms with Gasteiger partial charge in [-0.15, -0.1) is 0 Å². The molecule has 8 atom stereocenters. The van der Waals surface area contributed by atoms with Crippen molar-refractivity contribution in [3.05, 3.63) is 0 Å². The number of halogens is 2. The standard InChI is InChI=1S/C22H36F2N2O4/c1-13-11-25(22(28)17-7-6-16(29-3)10-18(17)23)12-14(2)26(13)21(27)15-5-8-20(30-4)19(24)9-15/h13-20H,5-12H2,1-4H3/t13-,14-,15?,16?,17?,18?,19?,20?/m1/s1. The lowest BCUT2D eigenvalue weighted by Gasteiger charge is -2.47. The fourth-order valence-corrected chi connectivity index (χ4v) is 5.53. The molecule has 3 rings (SSSR count). The first kappa shape index (κ1) is 23.4. The van der Waals surface area contributed by atoms with E-state index in [0.717, 1.165) is 0 Å². The molecule has 3 aliphatic rings. The van der Waals surface area contributed by atoms with Gasteiger partial charge in [0.1, 0.15) is 12.3 Å². The lowest BCUT2D eigenvalue weighted by Crippen LogP contribution is -2.62. The normalized spacial score (nSPS) is 40.3. The van der Waals surface area contributed by atoms with Gasteiger partial charge in [-0.25, -0.2) is 8.78 Å². The van der Waals surface area contributed by atoms with Gasteiger partial charge in [0.15, 0.2) is 0 Å². The van der Waals surface area contributed by atoms with Gasteiger partial charge in [0, 0.05) is 51.7 Å². The molecule has 0 N–H and O–H groups in total. The van der Waals surface area contributed by atoms with Crippen LogP contribution in [-0.2, 0) is 19.1 Å². The Bertz CT molecular complexity index is 610. The van der Waals surface area contributed by atoms with Gasteiger partial charge in [-0.2, -0.15) is 0 Å². The summed E-state index contributed by atoms with van der Waals surface area (Å²) in [5.74, 6) is -1.18. The van der Waals surface area contributed by atoms with Crippen molar-refractivity contribution in [3.8, 4) is 0 Å². The fourth-order valence-electron chi connectivity index (χ4n) is 5.53.